The average molecular weight is 302 g/mol. The minimum absolute atomic E-state index is 0.318. The highest BCUT2D eigenvalue weighted by atomic mass is 19.4. The molecule has 0 aromatic rings. The lowest BCUT2D eigenvalue weighted by atomic mass is 10.2. The smallest absolute Gasteiger partial charge is 0.475 e. The van der Waals surface area contributed by atoms with Gasteiger partial charge in [-0.3, -0.25) is 4.79 Å². The van der Waals surface area contributed by atoms with Crippen molar-refractivity contribution in [3.63, 3.8) is 0 Å². The number of ether oxygens (including phenoxy) is 1. The van der Waals surface area contributed by atoms with E-state index in [1.807, 2.05) is 20.8 Å². The van der Waals surface area contributed by atoms with Gasteiger partial charge in [0.25, 0.3) is 6.47 Å². The monoisotopic (exact) mass is 302 g/mol. The normalized spacial score (nSPS) is 14.9. The van der Waals surface area contributed by atoms with Crippen molar-refractivity contribution in [1.29, 1.82) is 0 Å². The number of halogens is 3. The predicted molar refractivity (Wildman–Crippen MR) is 66.3 cm³/mol. The van der Waals surface area contributed by atoms with Gasteiger partial charge >= 0.3 is 12.1 Å². The van der Waals surface area contributed by atoms with E-state index >= 15 is 0 Å². The van der Waals surface area contributed by atoms with Crippen LogP contribution in [0.25, 0.3) is 0 Å². The second-order valence-electron chi connectivity index (χ2n) is 4.63. The number of nitrogens with one attached hydrogen (secondary N) is 2. The van der Waals surface area contributed by atoms with Crippen LogP contribution < -0.4 is 10.6 Å². The number of carbonyl (C=O) groups is 2. The zero-order chi connectivity index (χ0) is 16.2. The molecule has 0 unspecified atom stereocenters. The predicted octanol–water partition coefficient (Wildman–Crippen LogP) is 0.770. The van der Waals surface area contributed by atoms with Crippen LogP contribution in [0.4, 0.5) is 13.2 Å². The molecule has 1 saturated heterocycles. The van der Waals surface area contributed by atoms with Gasteiger partial charge in [0.2, 0.25) is 0 Å². The van der Waals surface area contributed by atoms with Crippen molar-refractivity contribution in [2.75, 3.05) is 26.2 Å². The summed E-state index contributed by atoms with van der Waals surface area (Å²) in [6.45, 7) is 10.5. The summed E-state index contributed by atoms with van der Waals surface area (Å²) in [5, 5.41) is 13.6. The van der Waals surface area contributed by atoms with Crippen molar-refractivity contribution in [2.24, 2.45) is 0 Å². The minimum Gasteiger partial charge on any atom is -0.475 e. The maximum absolute atomic E-state index is 10.6. The van der Waals surface area contributed by atoms with Gasteiger partial charge in [-0.05, 0) is 20.8 Å². The Hall–Kier alpha value is -1.35. The number of rotatable bonds is 1. The van der Waals surface area contributed by atoms with E-state index < -0.39 is 12.1 Å². The van der Waals surface area contributed by atoms with Crippen LogP contribution in [0, 0.1) is 0 Å². The molecule has 1 fully saturated rings. The van der Waals surface area contributed by atoms with Gasteiger partial charge in [0.05, 0.1) is 0 Å². The fourth-order valence-corrected chi connectivity index (χ4v) is 0.748. The Balaban J connectivity index is 0. The third-order valence-electron chi connectivity index (χ3n) is 1.60. The number of hydrogen-bond donors (Lipinski definition) is 3. The van der Waals surface area contributed by atoms with Crippen molar-refractivity contribution in [1.82, 2.24) is 10.6 Å². The zero-order valence-corrected chi connectivity index (χ0v) is 11.7. The van der Waals surface area contributed by atoms with E-state index in [0.29, 0.717) is 6.47 Å². The van der Waals surface area contributed by atoms with Crippen LogP contribution in [0.5, 0.6) is 0 Å². The number of aliphatic carboxylic acids is 1. The van der Waals surface area contributed by atoms with Gasteiger partial charge in [-0.2, -0.15) is 13.2 Å². The Morgan fingerprint density at radius 1 is 1.10 bits per heavy atom. The number of carboxylic acid groups (broad SMARTS) is 1. The molecule has 9 heteroatoms. The Kier molecular flexibility index (Phi) is 10.9. The molecule has 0 spiro atoms. The quantitative estimate of drug-likeness (QED) is 0.620. The van der Waals surface area contributed by atoms with Gasteiger partial charge in [0, 0.05) is 26.2 Å². The minimum atomic E-state index is -5.08. The molecule has 1 rings (SSSR count). The molecule has 0 amide bonds. The van der Waals surface area contributed by atoms with Crippen molar-refractivity contribution < 1.29 is 32.6 Å². The average Bonchev–Trinajstić information content (AvgIpc) is 2.30. The van der Waals surface area contributed by atoms with Crippen LogP contribution in [-0.4, -0.2) is 55.5 Å². The standard InChI is InChI=1S/C5H10O2.C4H10N2.C2HF3O2/c1-5(2,3)7-4-6;1-2-6-4-3-5-1;3-2(4,5)1(6)7/h4H,1-3H3;5-6H,1-4H2;(H,6,7). The first-order valence-corrected chi connectivity index (χ1v) is 5.83. The highest BCUT2D eigenvalue weighted by Gasteiger charge is 2.38. The summed E-state index contributed by atoms with van der Waals surface area (Å²) < 4.78 is 36.3. The molecule has 0 aromatic carbocycles. The highest BCUT2D eigenvalue weighted by Crippen LogP contribution is 2.13. The fourth-order valence-electron chi connectivity index (χ4n) is 0.748. The van der Waals surface area contributed by atoms with Crippen LogP contribution in [0.2, 0.25) is 0 Å². The van der Waals surface area contributed by atoms with Gasteiger partial charge in [-0.1, -0.05) is 0 Å². The van der Waals surface area contributed by atoms with E-state index in [1.54, 1.807) is 0 Å². The topological polar surface area (TPSA) is 87.7 Å². The van der Waals surface area contributed by atoms with E-state index in [4.69, 9.17) is 9.90 Å². The maximum Gasteiger partial charge on any atom is 0.490 e. The first-order valence-electron chi connectivity index (χ1n) is 5.83. The summed E-state index contributed by atoms with van der Waals surface area (Å²) in [6, 6.07) is 0. The van der Waals surface area contributed by atoms with Gasteiger partial charge in [-0.25, -0.2) is 4.79 Å². The molecule has 120 valence electrons. The molecule has 1 heterocycles. The molecule has 1 aliphatic rings. The van der Waals surface area contributed by atoms with Gasteiger partial charge in [0.1, 0.15) is 5.60 Å². The van der Waals surface area contributed by atoms with E-state index in [9.17, 15) is 18.0 Å². The number of alkyl halides is 3. The van der Waals surface area contributed by atoms with Crippen LogP contribution in [0.15, 0.2) is 0 Å². The summed E-state index contributed by atoms with van der Waals surface area (Å²) in [4.78, 5) is 18.5. The lowest BCUT2D eigenvalue weighted by molar-refractivity contribution is -0.192. The molecule has 3 N–H and O–H groups in total. The summed E-state index contributed by atoms with van der Waals surface area (Å²) in [6.07, 6.45) is -5.08. The van der Waals surface area contributed by atoms with E-state index in [2.05, 4.69) is 15.4 Å². The number of carbonyl (C=O) groups excluding carboxylic acids is 1. The van der Waals surface area contributed by atoms with Gasteiger partial charge in [-0.15, -0.1) is 0 Å². The molecule has 0 saturated carbocycles. The number of hydrogen-bond acceptors (Lipinski definition) is 5. The van der Waals surface area contributed by atoms with Crippen LogP contribution in [0.1, 0.15) is 20.8 Å². The second kappa shape index (κ2) is 10.4. The number of piperazine rings is 1. The Labute approximate surface area is 115 Å². The zero-order valence-electron chi connectivity index (χ0n) is 11.7. The van der Waals surface area contributed by atoms with Gasteiger partial charge in [0.15, 0.2) is 0 Å². The third kappa shape index (κ3) is 19.0. The fraction of sp³-hybridized carbons (Fsp3) is 0.818. The summed E-state index contributed by atoms with van der Waals surface area (Å²) in [5.74, 6) is -2.76. The lowest BCUT2D eigenvalue weighted by Crippen LogP contribution is -2.39. The SMILES string of the molecule is C1CNCCN1.CC(C)(C)OC=O.O=C(O)C(F)(F)F. The molecule has 0 aromatic heterocycles. The largest absolute Gasteiger partial charge is 0.490 e. The molecular weight excluding hydrogens is 281 g/mol. The van der Waals surface area contributed by atoms with Crippen molar-refractivity contribution in [2.45, 2.75) is 32.5 Å². The Bertz CT molecular complexity index is 262. The van der Waals surface area contributed by atoms with E-state index in [-0.39, 0.29) is 5.60 Å². The van der Waals surface area contributed by atoms with Crippen LogP contribution in [-0.2, 0) is 14.3 Å². The maximum atomic E-state index is 10.6. The summed E-state index contributed by atoms with van der Waals surface area (Å²) >= 11 is 0. The molecule has 20 heavy (non-hydrogen) atoms. The van der Waals surface area contributed by atoms with Crippen molar-refractivity contribution in [3.8, 4) is 0 Å². The van der Waals surface area contributed by atoms with E-state index in [0.717, 1.165) is 26.2 Å². The lowest BCUT2D eigenvalue weighted by Gasteiger charge is -2.14. The number of carboxylic acids is 1. The molecule has 0 aliphatic carbocycles. The molecule has 0 atom stereocenters. The highest BCUT2D eigenvalue weighted by molar-refractivity contribution is 5.73. The van der Waals surface area contributed by atoms with E-state index in [1.165, 1.54) is 0 Å². The molecule has 1 aliphatic heterocycles. The van der Waals surface area contributed by atoms with Gasteiger partial charge < -0.3 is 20.5 Å². The molecular formula is C11H21F3N2O4. The summed E-state index contributed by atoms with van der Waals surface area (Å²) in [5.41, 5.74) is -0.318. The molecule has 0 bridgehead atoms. The summed E-state index contributed by atoms with van der Waals surface area (Å²) in [7, 11) is 0. The second-order valence-corrected chi connectivity index (χ2v) is 4.63. The molecule has 6 nitrogen and oxygen atoms in total. The third-order valence-corrected chi connectivity index (χ3v) is 1.60. The van der Waals surface area contributed by atoms with Crippen LogP contribution in [0.3, 0.4) is 0 Å². The van der Waals surface area contributed by atoms with Crippen molar-refractivity contribution in [3.05, 3.63) is 0 Å². The Morgan fingerprint density at radius 2 is 1.40 bits per heavy atom. The molecule has 0 radical (unpaired) electrons. The first-order chi connectivity index (χ1) is 9.00. The van der Waals surface area contributed by atoms with Crippen LogP contribution >= 0.6 is 0 Å². The first kappa shape index (κ1) is 21.0. The van der Waals surface area contributed by atoms with Crippen molar-refractivity contribution >= 4 is 12.4 Å². The Morgan fingerprint density at radius 3 is 1.45 bits per heavy atom.